The van der Waals surface area contributed by atoms with Crippen molar-refractivity contribution in [2.75, 3.05) is 6.54 Å². The molecule has 0 aromatic heterocycles. The number of hydrogen-bond donors (Lipinski definition) is 2. The molecule has 1 amide bonds. The van der Waals surface area contributed by atoms with Gasteiger partial charge in [-0.25, -0.2) is 0 Å². The molecular formula is C17H28N2O. The van der Waals surface area contributed by atoms with E-state index in [9.17, 15) is 4.79 Å². The third kappa shape index (κ3) is 6.71. The highest BCUT2D eigenvalue weighted by atomic mass is 16.2. The van der Waals surface area contributed by atoms with E-state index in [4.69, 9.17) is 0 Å². The highest BCUT2D eigenvalue weighted by molar-refractivity contribution is 5.78. The summed E-state index contributed by atoms with van der Waals surface area (Å²) in [6.07, 6.45) is 2.95. The number of rotatable bonds is 8. The average molecular weight is 276 g/mol. The summed E-state index contributed by atoms with van der Waals surface area (Å²) in [6.45, 7) is 8.76. The summed E-state index contributed by atoms with van der Waals surface area (Å²) in [7, 11) is 0. The lowest BCUT2D eigenvalue weighted by atomic mass is 9.95. The van der Waals surface area contributed by atoms with Gasteiger partial charge in [-0.05, 0) is 45.6 Å². The zero-order valence-electron chi connectivity index (χ0n) is 13.2. The standard InChI is InChI=1S/C17H28N2O/c1-5-14(2)18-13-16(20)19-17(3,4)12-11-15-9-7-6-8-10-15/h6-10,14,18H,5,11-13H2,1-4H3,(H,19,20). The van der Waals surface area contributed by atoms with Crippen molar-refractivity contribution in [3.63, 3.8) is 0 Å². The minimum atomic E-state index is -0.177. The van der Waals surface area contributed by atoms with Crippen LogP contribution in [0.1, 0.15) is 46.1 Å². The molecule has 0 bridgehead atoms. The number of hydrogen-bond acceptors (Lipinski definition) is 2. The van der Waals surface area contributed by atoms with Crippen molar-refractivity contribution >= 4 is 5.91 Å². The van der Waals surface area contributed by atoms with E-state index in [1.54, 1.807) is 0 Å². The van der Waals surface area contributed by atoms with E-state index in [0.29, 0.717) is 12.6 Å². The molecule has 3 heteroatoms. The van der Waals surface area contributed by atoms with E-state index >= 15 is 0 Å². The highest BCUT2D eigenvalue weighted by Crippen LogP contribution is 2.13. The molecule has 20 heavy (non-hydrogen) atoms. The topological polar surface area (TPSA) is 41.1 Å². The molecule has 1 rings (SSSR count). The van der Waals surface area contributed by atoms with Crippen LogP contribution in [0, 0.1) is 0 Å². The van der Waals surface area contributed by atoms with Crippen molar-refractivity contribution in [3.8, 4) is 0 Å². The fraction of sp³-hybridized carbons (Fsp3) is 0.588. The van der Waals surface area contributed by atoms with Gasteiger partial charge in [0.2, 0.25) is 5.91 Å². The number of amides is 1. The Labute approximate surface area is 123 Å². The molecule has 1 aromatic carbocycles. The first kappa shape index (κ1) is 16.7. The predicted octanol–water partition coefficient (Wildman–Crippen LogP) is 2.90. The van der Waals surface area contributed by atoms with Crippen molar-refractivity contribution in [2.24, 2.45) is 0 Å². The normalized spacial score (nSPS) is 13.0. The smallest absolute Gasteiger partial charge is 0.234 e. The summed E-state index contributed by atoms with van der Waals surface area (Å²) in [5, 5.41) is 6.32. The third-order valence-electron chi connectivity index (χ3n) is 3.58. The SMILES string of the molecule is CCC(C)NCC(=O)NC(C)(C)CCc1ccccc1. The van der Waals surface area contributed by atoms with E-state index in [1.807, 2.05) is 6.07 Å². The molecule has 112 valence electrons. The number of aryl methyl sites for hydroxylation is 1. The highest BCUT2D eigenvalue weighted by Gasteiger charge is 2.20. The predicted molar refractivity (Wildman–Crippen MR) is 84.7 cm³/mol. The molecule has 0 fully saturated rings. The van der Waals surface area contributed by atoms with Crippen LogP contribution in [-0.4, -0.2) is 24.0 Å². The van der Waals surface area contributed by atoms with Gasteiger partial charge in [0, 0.05) is 11.6 Å². The fourth-order valence-electron chi connectivity index (χ4n) is 2.00. The van der Waals surface area contributed by atoms with Crippen LogP contribution in [0.25, 0.3) is 0 Å². The van der Waals surface area contributed by atoms with Gasteiger partial charge in [-0.3, -0.25) is 4.79 Å². The maximum Gasteiger partial charge on any atom is 0.234 e. The Bertz CT molecular complexity index is 401. The van der Waals surface area contributed by atoms with Gasteiger partial charge < -0.3 is 10.6 Å². The zero-order valence-corrected chi connectivity index (χ0v) is 13.2. The molecule has 3 nitrogen and oxygen atoms in total. The molecule has 0 aliphatic heterocycles. The van der Waals surface area contributed by atoms with Crippen molar-refractivity contribution in [3.05, 3.63) is 35.9 Å². The van der Waals surface area contributed by atoms with Crippen LogP contribution in [0.4, 0.5) is 0 Å². The van der Waals surface area contributed by atoms with Crippen molar-refractivity contribution in [1.29, 1.82) is 0 Å². The summed E-state index contributed by atoms with van der Waals surface area (Å²) < 4.78 is 0. The van der Waals surface area contributed by atoms with Crippen LogP contribution in [0.15, 0.2) is 30.3 Å². The molecule has 0 spiro atoms. The number of nitrogens with one attached hydrogen (secondary N) is 2. The fourth-order valence-corrected chi connectivity index (χ4v) is 2.00. The van der Waals surface area contributed by atoms with E-state index < -0.39 is 0 Å². The summed E-state index contributed by atoms with van der Waals surface area (Å²) in [5.74, 6) is 0.0726. The Hall–Kier alpha value is -1.35. The van der Waals surface area contributed by atoms with Crippen LogP contribution in [-0.2, 0) is 11.2 Å². The molecule has 0 saturated heterocycles. The number of benzene rings is 1. The molecule has 0 heterocycles. The van der Waals surface area contributed by atoms with E-state index in [1.165, 1.54) is 5.56 Å². The average Bonchev–Trinajstić information content (AvgIpc) is 2.43. The summed E-state index contributed by atoms with van der Waals surface area (Å²) in [5.41, 5.74) is 1.14. The van der Waals surface area contributed by atoms with Gasteiger partial charge >= 0.3 is 0 Å². The second-order valence-corrected chi connectivity index (χ2v) is 6.11. The molecule has 2 N–H and O–H groups in total. The van der Waals surface area contributed by atoms with Gasteiger partial charge in [-0.2, -0.15) is 0 Å². The molecule has 1 atom stereocenters. The van der Waals surface area contributed by atoms with Crippen LogP contribution in [0.2, 0.25) is 0 Å². The first-order valence-corrected chi connectivity index (χ1v) is 7.51. The quantitative estimate of drug-likeness (QED) is 0.766. The van der Waals surface area contributed by atoms with Gasteiger partial charge in [-0.15, -0.1) is 0 Å². The molecule has 0 saturated carbocycles. The largest absolute Gasteiger partial charge is 0.350 e. The van der Waals surface area contributed by atoms with Gasteiger partial charge in [0.25, 0.3) is 0 Å². The maximum atomic E-state index is 11.9. The van der Waals surface area contributed by atoms with Gasteiger partial charge in [0.15, 0.2) is 0 Å². The lowest BCUT2D eigenvalue weighted by Gasteiger charge is -2.27. The van der Waals surface area contributed by atoms with Crippen LogP contribution < -0.4 is 10.6 Å². The first-order valence-electron chi connectivity index (χ1n) is 7.51. The summed E-state index contributed by atoms with van der Waals surface area (Å²) in [4.78, 5) is 11.9. The van der Waals surface area contributed by atoms with Crippen LogP contribution >= 0.6 is 0 Å². The maximum absolute atomic E-state index is 11.9. The van der Waals surface area contributed by atoms with Crippen molar-refractivity contribution in [2.45, 2.75) is 58.5 Å². The second-order valence-electron chi connectivity index (χ2n) is 6.11. The van der Waals surface area contributed by atoms with Crippen LogP contribution in [0.5, 0.6) is 0 Å². The Morgan fingerprint density at radius 3 is 2.50 bits per heavy atom. The Morgan fingerprint density at radius 2 is 1.90 bits per heavy atom. The zero-order chi connectivity index (χ0) is 15.0. The molecular weight excluding hydrogens is 248 g/mol. The van der Waals surface area contributed by atoms with Gasteiger partial charge in [0.05, 0.1) is 6.54 Å². The molecule has 1 aromatic rings. The van der Waals surface area contributed by atoms with Crippen molar-refractivity contribution < 1.29 is 4.79 Å². The Balaban J connectivity index is 2.35. The Kier molecular flexibility index (Phi) is 6.73. The van der Waals surface area contributed by atoms with Crippen molar-refractivity contribution in [1.82, 2.24) is 10.6 Å². The van der Waals surface area contributed by atoms with Gasteiger partial charge in [-0.1, -0.05) is 37.3 Å². The molecule has 1 unspecified atom stereocenters. The van der Waals surface area contributed by atoms with Crippen LogP contribution in [0.3, 0.4) is 0 Å². The molecule has 0 aliphatic carbocycles. The number of carbonyl (C=O) groups excluding carboxylic acids is 1. The van der Waals surface area contributed by atoms with E-state index in [0.717, 1.165) is 19.3 Å². The second kappa shape index (κ2) is 8.05. The Morgan fingerprint density at radius 1 is 1.25 bits per heavy atom. The molecule has 0 radical (unpaired) electrons. The lowest BCUT2D eigenvalue weighted by molar-refractivity contribution is -0.122. The first-order chi connectivity index (χ1) is 9.43. The molecule has 0 aliphatic rings. The minimum Gasteiger partial charge on any atom is -0.350 e. The lowest BCUT2D eigenvalue weighted by Crippen LogP contribution is -2.48. The monoisotopic (exact) mass is 276 g/mol. The van der Waals surface area contributed by atoms with Gasteiger partial charge in [0.1, 0.15) is 0 Å². The van der Waals surface area contributed by atoms with E-state index in [2.05, 4.69) is 62.6 Å². The summed E-state index contributed by atoms with van der Waals surface area (Å²) >= 11 is 0. The van der Waals surface area contributed by atoms with E-state index in [-0.39, 0.29) is 11.4 Å². The third-order valence-corrected chi connectivity index (χ3v) is 3.58. The summed E-state index contributed by atoms with van der Waals surface area (Å²) in [6, 6.07) is 10.8. The minimum absolute atomic E-state index is 0.0726. The number of carbonyl (C=O) groups is 1.